The monoisotopic (exact) mass is 370 g/mol. The van der Waals surface area contributed by atoms with Crippen LogP contribution >= 0.6 is 0 Å². The van der Waals surface area contributed by atoms with Gasteiger partial charge in [0.15, 0.2) is 5.84 Å². The highest BCUT2D eigenvalue weighted by molar-refractivity contribution is 7.94. The zero-order valence-corrected chi connectivity index (χ0v) is 15.3. The fourth-order valence-electron chi connectivity index (χ4n) is 2.88. The summed E-state index contributed by atoms with van der Waals surface area (Å²) < 4.78 is 40.1. The Balaban J connectivity index is 2.34. The molecule has 0 amide bonds. The summed E-state index contributed by atoms with van der Waals surface area (Å²) in [5.41, 5.74) is 0.710. The molecule has 0 saturated carbocycles. The summed E-state index contributed by atoms with van der Waals surface area (Å²) in [7, 11) is -0.911. The highest BCUT2D eigenvalue weighted by Gasteiger charge is 2.29. The molecule has 26 heavy (non-hydrogen) atoms. The van der Waals surface area contributed by atoms with Gasteiger partial charge < -0.3 is 14.8 Å². The Morgan fingerprint density at radius 3 is 2.46 bits per heavy atom. The van der Waals surface area contributed by atoms with Gasteiger partial charge in [0.1, 0.15) is 22.0 Å². The van der Waals surface area contributed by atoms with Crippen LogP contribution in [0.25, 0.3) is 10.8 Å². The standard InChI is InChI=1S/C19H18N2O4S/c1-5-14-16(6-2)26(22,23)21-19(20-14)17-15(24-3)11-12-9-7-8-10-13(12)18(17)25-4/h5-11H,1-2H2,3-4H3,(H,20,21). The van der Waals surface area contributed by atoms with Crippen molar-refractivity contribution in [3.05, 3.63) is 71.8 Å². The average Bonchev–Trinajstić information content (AvgIpc) is 2.64. The lowest BCUT2D eigenvalue weighted by Gasteiger charge is -2.22. The van der Waals surface area contributed by atoms with Gasteiger partial charge in [-0.15, -0.1) is 4.40 Å². The predicted molar refractivity (Wildman–Crippen MR) is 103 cm³/mol. The molecule has 3 rings (SSSR count). The summed E-state index contributed by atoms with van der Waals surface area (Å²) in [6, 6.07) is 9.39. The third-order valence-electron chi connectivity index (χ3n) is 4.02. The van der Waals surface area contributed by atoms with E-state index in [1.807, 2.05) is 30.3 Å². The molecule has 2 aromatic carbocycles. The van der Waals surface area contributed by atoms with Gasteiger partial charge in [-0.1, -0.05) is 37.4 Å². The predicted octanol–water partition coefficient (Wildman–Crippen LogP) is 3.12. The second-order valence-electron chi connectivity index (χ2n) is 5.43. The largest absolute Gasteiger partial charge is 0.496 e. The first-order valence-electron chi connectivity index (χ1n) is 7.72. The van der Waals surface area contributed by atoms with Crippen LogP contribution in [-0.2, 0) is 10.0 Å². The molecular weight excluding hydrogens is 352 g/mol. The van der Waals surface area contributed by atoms with Gasteiger partial charge in [-0.25, -0.2) is 0 Å². The fraction of sp³-hybridized carbons (Fsp3) is 0.105. The van der Waals surface area contributed by atoms with Crippen molar-refractivity contribution in [1.82, 2.24) is 5.32 Å². The average molecular weight is 370 g/mol. The number of amidine groups is 1. The summed E-state index contributed by atoms with van der Waals surface area (Å²) in [5, 5.41) is 4.70. The number of ether oxygens (including phenoxy) is 2. The highest BCUT2D eigenvalue weighted by atomic mass is 32.2. The number of hydrogen-bond donors (Lipinski definition) is 1. The van der Waals surface area contributed by atoms with Crippen molar-refractivity contribution in [1.29, 1.82) is 0 Å². The lowest BCUT2D eigenvalue weighted by molar-refractivity contribution is 0.396. The number of allylic oxidation sites excluding steroid dienone is 2. The third-order valence-corrected chi connectivity index (χ3v) is 5.39. The Bertz CT molecular complexity index is 1080. The molecule has 0 aliphatic carbocycles. The Morgan fingerprint density at radius 2 is 1.85 bits per heavy atom. The second-order valence-corrected chi connectivity index (χ2v) is 7.01. The van der Waals surface area contributed by atoms with Gasteiger partial charge in [-0.05, 0) is 23.6 Å². The number of rotatable bonds is 5. The smallest absolute Gasteiger partial charge is 0.286 e. The Hall–Kier alpha value is -3.06. The molecule has 0 saturated heterocycles. The first kappa shape index (κ1) is 17.8. The van der Waals surface area contributed by atoms with E-state index in [0.29, 0.717) is 22.8 Å². The lowest BCUT2D eigenvalue weighted by atomic mass is 10.0. The minimum Gasteiger partial charge on any atom is -0.496 e. The molecule has 0 aromatic heterocycles. The van der Waals surface area contributed by atoms with Crippen LogP contribution in [0.2, 0.25) is 0 Å². The minimum atomic E-state index is -3.93. The van der Waals surface area contributed by atoms with E-state index in [1.54, 1.807) is 0 Å². The van der Waals surface area contributed by atoms with Crippen LogP contribution in [0, 0.1) is 0 Å². The van der Waals surface area contributed by atoms with Gasteiger partial charge in [0.25, 0.3) is 10.0 Å². The number of nitrogens with zero attached hydrogens (tertiary/aromatic N) is 1. The summed E-state index contributed by atoms with van der Waals surface area (Å²) >= 11 is 0. The lowest BCUT2D eigenvalue weighted by Crippen LogP contribution is -2.31. The van der Waals surface area contributed by atoms with Crippen LogP contribution in [-0.4, -0.2) is 28.5 Å². The Labute approximate surface area is 152 Å². The van der Waals surface area contributed by atoms with Crippen LogP contribution in [0.1, 0.15) is 5.56 Å². The molecular formula is C19H18N2O4S. The Morgan fingerprint density at radius 1 is 1.12 bits per heavy atom. The molecule has 0 radical (unpaired) electrons. The SMILES string of the molecule is C=CC1=C(C=C)S(=O)(=O)N=C(c2c(OC)cc3ccccc3c2OC)N1. The maximum atomic E-state index is 12.5. The molecule has 0 spiro atoms. The molecule has 0 atom stereocenters. The highest BCUT2D eigenvalue weighted by Crippen LogP contribution is 2.38. The van der Waals surface area contributed by atoms with Crippen LogP contribution in [0.3, 0.4) is 0 Å². The summed E-state index contributed by atoms with van der Waals surface area (Å²) in [6.07, 6.45) is 2.64. The van der Waals surface area contributed by atoms with Crippen molar-refractivity contribution in [2.24, 2.45) is 4.40 Å². The van der Waals surface area contributed by atoms with Gasteiger partial charge in [-0.2, -0.15) is 8.42 Å². The van der Waals surface area contributed by atoms with Crippen molar-refractivity contribution >= 4 is 26.6 Å². The summed E-state index contributed by atoms with van der Waals surface area (Å²) in [5.74, 6) is 1.00. The van der Waals surface area contributed by atoms with E-state index in [1.165, 1.54) is 26.4 Å². The van der Waals surface area contributed by atoms with Crippen LogP contribution in [0.5, 0.6) is 11.5 Å². The van der Waals surface area contributed by atoms with Gasteiger partial charge in [-0.3, -0.25) is 0 Å². The van der Waals surface area contributed by atoms with E-state index in [9.17, 15) is 8.42 Å². The Kier molecular flexibility index (Phi) is 4.56. The molecule has 0 fully saturated rings. The number of fused-ring (bicyclic) bond motifs is 1. The van der Waals surface area contributed by atoms with Crippen LogP contribution < -0.4 is 14.8 Å². The normalized spacial score (nSPS) is 15.8. The van der Waals surface area contributed by atoms with Crippen molar-refractivity contribution < 1.29 is 17.9 Å². The second kappa shape index (κ2) is 6.68. The zero-order chi connectivity index (χ0) is 18.9. The van der Waals surface area contributed by atoms with Gasteiger partial charge in [0.2, 0.25) is 0 Å². The molecule has 2 aromatic rings. The van der Waals surface area contributed by atoms with Crippen LogP contribution in [0.4, 0.5) is 0 Å². The van der Waals surface area contributed by atoms with E-state index in [-0.39, 0.29) is 10.7 Å². The van der Waals surface area contributed by atoms with Gasteiger partial charge in [0, 0.05) is 5.39 Å². The molecule has 0 bridgehead atoms. The number of hydrogen-bond acceptors (Lipinski definition) is 5. The summed E-state index contributed by atoms with van der Waals surface area (Å²) in [4.78, 5) is -0.0324. The first-order valence-corrected chi connectivity index (χ1v) is 9.16. The number of benzene rings is 2. The maximum absolute atomic E-state index is 12.5. The quantitative estimate of drug-likeness (QED) is 0.875. The molecule has 1 aliphatic heterocycles. The minimum absolute atomic E-state index is 0.0324. The molecule has 6 nitrogen and oxygen atoms in total. The summed E-state index contributed by atoms with van der Waals surface area (Å²) in [6.45, 7) is 7.20. The molecule has 1 N–H and O–H groups in total. The molecule has 1 aliphatic rings. The molecule has 7 heteroatoms. The van der Waals surface area contributed by atoms with Crippen LogP contribution in [0.15, 0.2) is 70.6 Å². The number of sulfonamides is 1. The van der Waals surface area contributed by atoms with E-state index < -0.39 is 10.0 Å². The molecule has 1 heterocycles. The molecule has 134 valence electrons. The first-order chi connectivity index (χ1) is 12.5. The number of methoxy groups -OCH3 is 2. The van der Waals surface area contributed by atoms with Crippen molar-refractivity contribution in [3.63, 3.8) is 0 Å². The third kappa shape index (κ3) is 2.76. The van der Waals surface area contributed by atoms with Gasteiger partial charge in [0.05, 0.1) is 19.9 Å². The van der Waals surface area contributed by atoms with E-state index >= 15 is 0 Å². The maximum Gasteiger partial charge on any atom is 0.286 e. The van der Waals surface area contributed by atoms with E-state index in [0.717, 1.165) is 10.8 Å². The van der Waals surface area contributed by atoms with Crippen molar-refractivity contribution in [3.8, 4) is 11.5 Å². The van der Waals surface area contributed by atoms with E-state index in [4.69, 9.17) is 9.47 Å². The van der Waals surface area contributed by atoms with Gasteiger partial charge >= 0.3 is 0 Å². The van der Waals surface area contributed by atoms with Crippen molar-refractivity contribution in [2.45, 2.75) is 0 Å². The van der Waals surface area contributed by atoms with Crippen molar-refractivity contribution in [2.75, 3.05) is 14.2 Å². The topological polar surface area (TPSA) is 77.0 Å². The molecule has 0 unspecified atom stereocenters. The number of nitrogens with one attached hydrogen (secondary N) is 1. The fourth-order valence-corrected chi connectivity index (χ4v) is 3.98. The van der Waals surface area contributed by atoms with E-state index in [2.05, 4.69) is 22.9 Å². The zero-order valence-electron chi connectivity index (χ0n) is 14.4.